The average Bonchev–Trinajstić information content (AvgIpc) is 2.55. The summed E-state index contributed by atoms with van der Waals surface area (Å²) in [7, 11) is 0. The van der Waals surface area contributed by atoms with Gasteiger partial charge in [-0.15, -0.1) is 0 Å². The summed E-state index contributed by atoms with van der Waals surface area (Å²) >= 11 is 0. The van der Waals surface area contributed by atoms with Crippen LogP contribution in [0.4, 0.5) is 0 Å². The highest BCUT2D eigenvalue weighted by Gasteiger charge is 2.15. The topological polar surface area (TPSA) is 142 Å². The van der Waals surface area contributed by atoms with E-state index in [0.717, 1.165) is 17.0 Å². The summed E-state index contributed by atoms with van der Waals surface area (Å²) < 4.78 is 0. The molecule has 0 saturated carbocycles. The number of carboxylic acid groups (broad SMARTS) is 1. The van der Waals surface area contributed by atoms with E-state index >= 15 is 0 Å². The van der Waals surface area contributed by atoms with Gasteiger partial charge in [0.2, 0.25) is 5.91 Å². The molecule has 0 saturated heterocycles. The monoisotopic (exact) mass is 380 g/mol. The van der Waals surface area contributed by atoms with Gasteiger partial charge < -0.3 is 5.11 Å². The lowest BCUT2D eigenvalue weighted by Gasteiger charge is -2.14. The van der Waals surface area contributed by atoms with Crippen LogP contribution in [0.15, 0.2) is 16.0 Å². The van der Waals surface area contributed by atoms with Crippen LogP contribution < -0.4 is 11.0 Å². The third-order valence-electron chi connectivity index (χ3n) is 3.99. The molecule has 27 heavy (non-hydrogen) atoms. The van der Waals surface area contributed by atoms with Crippen molar-refractivity contribution in [3.05, 3.63) is 27.7 Å². The maximum absolute atomic E-state index is 10.6. The van der Waals surface area contributed by atoms with Gasteiger partial charge in [-0.1, -0.05) is 13.8 Å². The molecule has 9 heteroatoms. The highest BCUT2D eigenvalue weighted by atomic mass is 16.4. The number of hydrazone groups is 1. The van der Waals surface area contributed by atoms with Crippen molar-refractivity contribution in [2.24, 2.45) is 16.9 Å². The van der Waals surface area contributed by atoms with Crippen molar-refractivity contribution < 1.29 is 19.5 Å². The van der Waals surface area contributed by atoms with E-state index in [0.29, 0.717) is 12.3 Å². The molecule has 0 spiro atoms. The number of carbonyl (C=O) groups excluding carboxylic acids is 2. The fourth-order valence-corrected chi connectivity index (χ4v) is 1.70. The van der Waals surface area contributed by atoms with Crippen LogP contribution in [-0.2, 0) is 14.4 Å². The summed E-state index contributed by atoms with van der Waals surface area (Å²) in [6.07, 6.45) is 0.519. The van der Waals surface area contributed by atoms with Crippen molar-refractivity contribution in [1.29, 1.82) is 0 Å². The number of aryl methyl sites for hydroxylation is 2. The molecule has 150 valence electrons. The number of H-pyrrole nitrogens is 1. The fraction of sp³-hybridized carbons (Fsp3) is 0.556. The van der Waals surface area contributed by atoms with Gasteiger partial charge in [0.25, 0.3) is 5.56 Å². The number of aromatic amines is 1. The van der Waals surface area contributed by atoms with E-state index in [1.165, 1.54) is 13.0 Å². The number of nitrogens with one attached hydrogen (secondary N) is 2. The summed E-state index contributed by atoms with van der Waals surface area (Å²) in [6, 6.07) is 1.53. The Morgan fingerprint density at radius 3 is 2.22 bits per heavy atom. The summed E-state index contributed by atoms with van der Waals surface area (Å²) in [5, 5.41) is 18.1. The quantitative estimate of drug-likeness (QED) is 0.727. The standard InChI is InChI=1S/C6H10N2O.C6H8N2O.C6H10O3/c2*1-4-3-6(9)8-7-5(4)2;1-4(5(2)7)3-6(8)9/h4H,3H2,1-2H3,(H,8,9);3H,1-2H3,(H,8,9);4H,3H2,1-2H3,(H,8,9). The second-order valence-corrected chi connectivity index (χ2v) is 6.50. The fourth-order valence-electron chi connectivity index (χ4n) is 1.70. The van der Waals surface area contributed by atoms with Crippen molar-refractivity contribution >= 4 is 23.4 Å². The van der Waals surface area contributed by atoms with Gasteiger partial charge in [-0.2, -0.15) is 10.2 Å². The first-order valence-electron chi connectivity index (χ1n) is 8.52. The lowest BCUT2D eigenvalue weighted by molar-refractivity contribution is -0.140. The predicted molar refractivity (Wildman–Crippen MR) is 101 cm³/mol. The van der Waals surface area contributed by atoms with Gasteiger partial charge in [0, 0.05) is 30.0 Å². The number of hydrogen-bond donors (Lipinski definition) is 3. The molecule has 3 N–H and O–H groups in total. The van der Waals surface area contributed by atoms with E-state index in [2.05, 4.69) is 20.7 Å². The summed E-state index contributed by atoms with van der Waals surface area (Å²) in [5.74, 6) is -0.996. The second kappa shape index (κ2) is 11.7. The van der Waals surface area contributed by atoms with Gasteiger partial charge in [-0.3, -0.25) is 19.2 Å². The zero-order valence-corrected chi connectivity index (χ0v) is 16.6. The number of aromatic nitrogens is 2. The zero-order chi connectivity index (χ0) is 21.1. The lowest BCUT2D eigenvalue weighted by Crippen LogP contribution is -2.29. The third kappa shape index (κ3) is 10.7. The highest BCUT2D eigenvalue weighted by Crippen LogP contribution is 2.07. The molecule has 1 aromatic rings. The Hall–Kier alpha value is -2.84. The van der Waals surface area contributed by atoms with Crippen molar-refractivity contribution in [3.63, 3.8) is 0 Å². The molecular weight excluding hydrogens is 352 g/mol. The van der Waals surface area contributed by atoms with Crippen LogP contribution in [0, 0.1) is 25.7 Å². The van der Waals surface area contributed by atoms with Crippen LogP contribution in [0.2, 0.25) is 0 Å². The molecule has 1 amide bonds. The molecule has 0 radical (unpaired) electrons. The molecule has 2 rings (SSSR count). The van der Waals surface area contributed by atoms with E-state index in [1.807, 2.05) is 27.7 Å². The Labute approximate surface area is 158 Å². The van der Waals surface area contributed by atoms with Crippen LogP contribution in [0.3, 0.4) is 0 Å². The minimum atomic E-state index is -0.919. The molecule has 0 fully saturated rings. The minimum Gasteiger partial charge on any atom is -0.481 e. The van der Waals surface area contributed by atoms with Crippen molar-refractivity contribution in [2.75, 3.05) is 0 Å². The lowest BCUT2D eigenvalue weighted by atomic mass is 10.0. The zero-order valence-electron chi connectivity index (χ0n) is 16.6. The molecule has 2 atom stereocenters. The number of ketones is 1. The molecule has 1 aliphatic heterocycles. The van der Waals surface area contributed by atoms with Crippen LogP contribution >= 0.6 is 0 Å². The van der Waals surface area contributed by atoms with Gasteiger partial charge in [-0.25, -0.2) is 10.5 Å². The number of aliphatic carboxylic acids is 1. The van der Waals surface area contributed by atoms with Crippen LogP contribution in [-0.4, -0.2) is 38.7 Å². The van der Waals surface area contributed by atoms with Gasteiger partial charge >= 0.3 is 5.97 Å². The summed E-state index contributed by atoms with van der Waals surface area (Å²) in [6.45, 7) is 10.6. The number of carbonyl (C=O) groups is 3. The van der Waals surface area contributed by atoms with Gasteiger partial charge in [0.1, 0.15) is 5.78 Å². The van der Waals surface area contributed by atoms with Gasteiger partial charge in [-0.05, 0) is 33.3 Å². The largest absolute Gasteiger partial charge is 0.481 e. The summed E-state index contributed by atoms with van der Waals surface area (Å²) in [4.78, 5) is 41.5. The summed E-state index contributed by atoms with van der Waals surface area (Å²) in [5.41, 5.74) is 5.08. The molecule has 9 nitrogen and oxygen atoms in total. The molecule has 0 aromatic carbocycles. The van der Waals surface area contributed by atoms with Crippen molar-refractivity contribution in [2.45, 2.75) is 54.4 Å². The number of carboxylic acids is 1. The van der Waals surface area contributed by atoms with E-state index in [1.54, 1.807) is 6.92 Å². The van der Waals surface area contributed by atoms with Crippen LogP contribution in [0.25, 0.3) is 0 Å². The number of nitrogens with zero attached hydrogens (tertiary/aromatic N) is 2. The first-order valence-corrected chi connectivity index (χ1v) is 8.52. The average molecular weight is 380 g/mol. The smallest absolute Gasteiger partial charge is 0.304 e. The highest BCUT2D eigenvalue weighted by molar-refractivity contribution is 5.92. The second-order valence-electron chi connectivity index (χ2n) is 6.50. The molecule has 1 aromatic heterocycles. The number of rotatable bonds is 3. The Balaban J connectivity index is 0.000000376. The number of amides is 1. The maximum Gasteiger partial charge on any atom is 0.304 e. The minimum absolute atomic E-state index is 0.0214. The molecule has 0 bridgehead atoms. The van der Waals surface area contributed by atoms with E-state index in [-0.39, 0.29) is 29.6 Å². The third-order valence-corrected chi connectivity index (χ3v) is 3.99. The Kier molecular flexibility index (Phi) is 10.5. The molecule has 1 aliphatic rings. The first kappa shape index (κ1) is 24.2. The SMILES string of the molecule is CC(=O)C(C)CC(=O)O.CC1=NNC(=O)CC1C.Cc1cc(=O)[nH]nc1C. The molecule has 2 unspecified atom stereocenters. The maximum atomic E-state index is 10.6. The first-order chi connectivity index (χ1) is 12.4. The van der Waals surface area contributed by atoms with Crippen molar-refractivity contribution in [1.82, 2.24) is 15.6 Å². The Bertz CT molecular complexity index is 754. The molecule has 0 aliphatic carbocycles. The van der Waals surface area contributed by atoms with E-state index in [9.17, 15) is 19.2 Å². The van der Waals surface area contributed by atoms with Crippen LogP contribution in [0.5, 0.6) is 0 Å². The Morgan fingerprint density at radius 2 is 1.89 bits per heavy atom. The van der Waals surface area contributed by atoms with Crippen molar-refractivity contribution in [3.8, 4) is 0 Å². The normalized spacial score (nSPS) is 16.4. The number of Topliss-reactive ketones (excluding diaryl/α,β-unsaturated/α-hetero) is 1. The van der Waals surface area contributed by atoms with Crippen LogP contribution in [0.1, 0.15) is 51.8 Å². The Morgan fingerprint density at radius 1 is 1.30 bits per heavy atom. The molecule has 2 heterocycles. The molecular formula is C18H28N4O5. The van der Waals surface area contributed by atoms with Gasteiger partial charge in [0.15, 0.2) is 0 Å². The van der Waals surface area contributed by atoms with E-state index < -0.39 is 5.97 Å². The number of hydrogen-bond acceptors (Lipinski definition) is 6. The predicted octanol–water partition coefficient (Wildman–Crippen LogP) is 1.59. The van der Waals surface area contributed by atoms with Gasteiger partial charge in [0.05, 0.1) is 12.1 Å². The van der Waals surface area contributed by atoms with E-state index in [4.69, 9.17) is 5.11 Å².